The molecule has 121 heavy (non-hydrogen) atoms. The molecule has 0 aliphatic carbocycles. The van der Waals surface area contributed by atoms with E-state index in [9.17, 15) is 158 Å². The summed E-state index contributed by atoms with van der Waals surface area (Å²) in [6, 6.07) is 38.0. The van der Waals surface area contributed by atoms with Crippen LogP contribution < -0.4 is 0 Å². The zero-order valence-electron chi connectivity index (χ0n) is 62.5. The molecule has 0 saturated carbocycles. The second kappa shape index (κ2) is 42.2. The quantitative estimate of drug-likeness (QED) is 0.140. The van der Waals surface area contributed by atoms with Gasteiger partial charge in [0.15, 0.2) is 0 Å². The van der Waals surface area contributed by atoms with Crippen molar-refractivity contribution in [1.82, 2.24) is 0 Å². The third-order valence-corrected chi connectivity index (χ3v) is 15.2. The van der Waals surface area contributed by atoms with E-state index in [0.29, 0.717) is 76.2 Å². The zero-order valence-corrected chi connectivity index (χ0v) is 62.5. The van der Waals surface area contributed by atoms with Crippen LogP contribution in [-0.4, -0.2) is 0 Å². The molecule has 9 aromatic rings. The van der Waals surface area contributed by atoms with Crippen LogP contribution in [0.2, 0.25) is 0 Å². The monoisotopic (exact) mass is 1770 g/mol. The van der Waals surface area contributed by atoms with Gasteiger partial charge in [0.2, 0.25) is 0 Å². The number of nitrogens with zero attached hydrogens (tertiary/aromatic N) is 5. The Morgan fingerprint density at radius 2 is 0.463 bits per heavy atom. The van der Waals surface area contributed by atoms with Crippen molar-refractivity contribution in [3.05, 3.63) is 315 Å². The molecule has 9 aromatic carbocycles. The van der Waals surface area contributed by atoms with E-state index in [4.69, 9.17) is 26.3 Å². The van der Waals surface area contributed by atoms with Crippen molar-refractivity contribution in [3.8, 4) is 30.3 Å². The fourth-order valence-corrected chi connectivity index (χ4v) is 9.31. The van der Waals surface area contributed by atoms with Gasteiger partial charge in [0.1, 0.15) is 0 Å². The summed E-state index contributed by atoms with van der Waals surface area (Å²) < 4.78 is 439. The van der Waals surface area contributed by atoms with Crippen molar-refractivity contribution in [2.24, 2.45) is 0 Å². The third kappa shape index (κ3) is 35.8. The highest BCUT2D eigenvalue weighted by Crippen LogP contribution is 2.45. The average Bonchev–Trinajstić information content (AvgIpc) is 0.768. The van der Waals surface area contributed by atoms with Crippen LogP contribution in [-0.2, 0) is 74.1 Å². The van der Waals surface area contributed by atoms with Gasteiger partial charge in [-0.2, -0.15) is 184 Å². The molecule has 0 saturated heterocycles. The van der Waals surface area contributed by atoms with Crippen molar-refractivity contribution >= 4 is 0 Å². The molecular weight excluding hydrogens is 1710 g/mol. The van der Waals surface area contributed by atoms with Crippen LogP contribution in [0.25, 0.3) is 0 Å². The van der Waals surface area contributed by atoms with Crippen LogP contribution in [0.4, 0.5) is 158 Å². The minimum absolute atomic E-state index is 0.0721. The Morgan fingerprint density at radius 3 is 0.777 bits per heavy atom. The Hall–Kier alpha value is -12.1. The predicted molar refractivity (Wildman–Crippen MR) is 364 cm³/mol. The average molecular weight is 1770 g/mol. The molecule has 5 nitrogen and oxygen atoms in total. The van der Waals surface area contributed by atoms with E-state index in [1.165, 1.54) is 56.3 Å². The smallest absolute Gasteiger partial charge is 0.192 e. The normalized spacial score (nSPS) is 11.8. The van der Waals surface area contributed by atoms with Gasteiger partial charge in [0, 0.05) is 0 Å². The highest BCUT2D eigenvalue weighted by molar-refractivity contribution is 5.53. The second-order valence-electron chi connectivity index (χ2n) is 24.7. The molecule has 0 unspecified atom stereocenters. The number of halogens is 36. The fourth-order valence-electron chi connectivity index (χ4n) is 9.31. The Kier molecular flexibility index (Phi) is 37.3. The molecule has 0 aliphatic heterocycles. The lowest BCUT2D eigenvalue weighted by molar-refractivity contribution is -0.150. The first-order valence-corrected chi connectivity index (χ1v) is 32.4. The molecule has 652 valence electrons. The summed E-state index contributed by atoms with van der Waals surface area (Å²) >= 11 is 0. The van der Waals surface area contributed by atoms with E-state index in [2.05, 4.69) is 0 Å². The number of rotatable bonds is 0. The molecule has 41 heteroatoms. The summed E-state index contributed by atoms with van der Waals surface area (Å²) in [4.78, 5) is 0. The lowest BCUT2D eigenvalue weighted by Crippen LogP contribution is -2.18. The maximum atomic E-state index is 12.5. The number of hydrogen-bond acceptors (Lipinski definition) is 5. The van der Waals surface area contributed by atoms with E-state index in [-0.39, 0.29) is 41.0 Å². The van der Waals surface area contributed by atoms with E-state index in [1.54, 1.807) is 51.1 Å². The van der Waals surface area contributed by atoms with Crippen LogP contribution in [0.3, 0.4) is 0 Å². The van der Waals surface area contributed by atoms with Crippen LogP contribution >= 0.6 is 0 Å². The Bertz CT molecular complexity index is 4970. The summed E-state index contributed by atoms with van der Waals surface area (Å²) in [5.74, 6) is 0. The molecule has 0 aliphatic rings. The summed E-state index contributed by atoms with van der Waals surface area (Å²) in [7, 11) is 0. The maximum absolute atomic E-state index is 12.5. The number of hydrogen-bond donors (Lipinski definition) is 0. The van der Waals surface area contributed by atoms with Gasteiger partial charge in [0.05, 0.1) is 125 Å². The van der Waals surface area contributed by atoms with Crippen LogP contribution in [0.15, 0.2) is 170 Å². The Labute approximate surface area is 663 Å². The lowest BCUT2D eigenvalue weighted by atomic mass is 9.97. The lowest BCUT2D eigenvalue weighted by Gasteiger charge is -2.19. The van der Waals surface area contributed by atoms with Gasteiger partial charge in [0.25, 0.3) is 0 Å². The maximum Gasteiger partial charge on any atom is 0.416 e. The van der Waals surface area contributed by atoms with Crippen molar-refractivity contribution in [2.75, 3.05) is 0 Å². The van der Waals surface area contributed by atoms with Gasteiger partial charge >= 0.3 is 74.1 Å². The molecule has 0 heterocycles. The first kappa shape index (κ1) is 107. The summed E-state index contributed by atoms with van der Waals surface area (Å²) in [6.07, 6.45) is -57.1. The highest BCUT2D eigenvalue weighted by atomic mass is 19.5. The second-order valence-corrected chi connectivity index (χ2v) is 24.7. The van der Waals surface area contributed by atoms with Gasteiger partial charge < -0.3 is 0 Å². The molecule has 0 radical (unpaired) electrons. The number of alkyl halides is 36. The molecule has 0 atom stereocenters. The van der Waals surface area contributed by atoms with Crippen molar-refractivity contribution in [2.45, 2.75) is 136 Å². The van der Waals surface area contributed by atoms with Crippen molar-refractivity contribution in [3.63, 3.8) is 0 Å². The summed E-state index contributed by atoms with van der Waals surface area (Å²) in [6.45, 7) is 12.0. The van der Waals surface area contributed by atoms with Crippen molar-refractivity contribution < 1.29 is 158 Å². The van der Waals surface area contributed by atoms with E-state index >= 15 is 0 Å². The minimum atomic E-state index is -5.30. The molecular formula is C80H55F36N5. The molecule has 0 spiro atoms. The highest BCUT2D eigenvalue weighted by Gasteiger charge is 2.45. The number of benzene rings is 9. The van der Waals surface area contributed by atoms with Crippen LogP contribution in [0, 0.1) is 119 Å². The molecule has 0 aromatic heterocycles. The summed E-state index contributed by atoms with van der Waals surface area (Å²) in [5, 5.41) is 43.0. The number of nitriles is 5. The van der Waals surface area contributed by atoms with Crippen LogP contribution in [0.1, 0.15) is 145 Å². The molecule has 0 amide bonds. The van der Waals surface area contributed by atoms with Gasteiger partial charge in [-0.1, -0.05) is 71.8 Å². The first-order chi connectivity index (χ1) is 54.6. The predicted octanol–water partition coefficient (Wildman–Crippen LogP) is 29.5. The van der Waals surface area contributed by atoms with Crippen molar-refractivity contribution in [1.29, 1.82) is 26.3 Å². The van der Waals surface area contributed by atoms with Crippen LogP contribution in [0.5, 0.6) is 0 Å². The third-order valence-electron chi connectivity index (χ3n) is 15.2. The Balaban J connectivity index is 0.000000684. The van der Waals surface area contributed by atoms with Gasteiger partial charge in [-0.3, -0.25) is 0 Å². The topological polar surface area (TPSA) is 119 Å². The van der Waals surface area contributed by atoms with E-state index in [1.807, 2.05) is 37.3 Å². The minimum Gasteiger partial charge on any atom is -0.192 e. The number of aryl methyl sites for hydroxylation is 6. The fraction of sp³-hybridized carbons (Fsp3) is 0.263. The van der Waals surface area contributed by atoms with E-state index in [0.717, 1.165) is 67.4 Å². The zero-order chi connectivity index (χ0) is 94.3. The first-order valence-electron chi connectivity index (χ1n) is 32.4. The largest absolute Gasteiger partial charge is 0.416 e. The molecule has 9 rings (SSSR count). The molecule has 0 fully saturated rings. The molecule has 0 bridgehead atoms. The standard InChI is InChI=1S/C10H5F9.C10H5N3.3C9H6F6.C9H6N2.3C8H7F3/c1-4-6(9(14,15)16)2-5(8(11,12)13)3-7(4)10(17,18)19;1-7-9(5-12)2-8(4-11)3-10(7)6-13;1-5-2-6(8(10,11)12)4-7(3-5)9(13,14)15;1-5-2-3-6(8(10,11)12)4-7(5)9(13,14)15;1-5-6(8(10,11)12)3-2-4-7(5)9(13,14)15;1-7-2-8(5-10)4-9(3-7)6-11;1-6-2-4-7(5-3-6)8(9,10)11;1-6-3-2-4-7(5-6)8(9,10)11;1-6-4-2-3-5-7(6)8(9,10)11/h2-3H,1H3;2-3H,1H3;3*2-4H,1H3;2-4H,1H3;3*2-5H,1H3. The molecule has 0 N–H and O–H groups in total. The Morgan fingerprint density at radius 1 is 0.182 bits per heavy atom. The summed E-state index contributed by atoms with van der Waals surface area (Å²) in [5.41, 5.74) is -12.1. The van der Waals surface area contributed by atoms with Gasteiger partial charge in [-0.15, -0.1) is 0 Å². The SMILES string of the molecule is Cc1c(C#N)cc(C#N)cc1C#N.Cc1c(C(F)(F)F)cc(C(F)(F)F)cc1C(F)(F)F.Cc1c(C(F)(F)F)cccc1C(F)(F)F.Cc1cc(C#N)cc(C#N)c1.Cc1cc(C(F)(F)F)cc(C(F)(F)F)c1.Cc1ccc(C(F)(F)F)cc1.Cc1ccc(C(F)(F)F)cc1C(F)(F)F.Cc1cccc(C(F)(F)F)c1.Cc1ccccc1C(F)(F)F. The van der Waals surface area contributed by atoms with Gasteiger partial charge in [-0.25, -0.2) is 0 Å². The van der Waals surface area contributed by atoms with E-state index < -0.39 is 152 Å². The van der Waals surface area contributed by atoms with Gasteiger partial charge in [-0.05, 0) is 210 Å².